The van der Waals surface area contributed by atoms with Crippen LogP contribution in [0.15, 0.2) is 72.1 Å². The number of nitrogens with zero attached hydrogens (tertiary/aromatic N) is 4. The minimum atomic E-state index is -0.0959. The van der Waals surface area contributed by atoms with E-state index in [9.17, 15) is 4.79 Å². The van der Waals surface area contributed by atoms with E-state index in [0.717, 1.165) is 28.3 Å². The average Bonchev–Trinajstić information content (AvgIpc) is 3.45. The molecule has 0 radical (unpaired) electrons. The number of carbonyl (C=O) groups excluding carboxylic acids is 1. The molecule has 0 saturated carbocycles. The van der Waals surface area contributed by atoms with E-state index in [1.54, 1.807) is 7.11 Å². The van der Waals surface area contributed by atoms with Crippen LogP contribution < -0.4 is 10.1 Å². The lowest BCUT2D eigenvalue weighted by Crippen LogP contribution is -2.15. The zero-order chi connectivity index (χ0) is 21.8. The molecule has 7 nitrogen and oxygen atoms in total. The third-order valence-corrected chi connectivity index (χ3v) is 5.90. The number of benzene rings is 2. The number of methoxy groups -OCH3 is 1. The van der Waals surface area contributed by atoms with Crippen molar-refractivity contribution in [3.05, 3.63) is 78.1 Å². The Labute approximate surface area is 185 Å². The Kier molecular flexibility index (Phi) is 6.08. The van der Waals surface area contributed by atoms with Crippen molar-refractivity contribution in [2.24, 2.45) is 0 Å². The molecule has 0 aliphatic rings. The smallest absolute Gasteiger partial charge is 0.240 e. The second-order valence-electron chi connectivity index (χ2n) is 6.99. The molecule has 0 saturated heterocycles. The summed E-state index contributed by atoms with van der Waals surface area (Å²) in [5.41, 5.74) is 3.88. The van der Waals surface area contributed by atoms with Crippen molar-refractivity contribution in [2.75, 3.05) is 18.2 Å². The van der Waals surface area contributed by atoms with Gasteiger partial charge in [-0.2, -0.15) is 0 Å². The maximum Gasteiger partial charge on any atom is 0.240 e. The highest BCUT2D eigenvalue weighted by molar-refractivity contribution is 7.99. The van der Waals surface area contributed by atoms with Crippen LogP contribution in [0.5, 0.6) is 5.75 Å². The normalized spacial score (nSPS) is 10.8. The number of carbonyl (C=O) groups is 1. The van der Waals surface area contributed by atoms with E-state index < -0.39 is 0 Å². The fourth-order valence-electron chi connectivity index (χ4n) is 3.17. The third-order valence-electron chi connectivity index (χ3n) is 4.97. The molecule has 2 heterocycles. The number of thioether (sulfide) groups is 1. The van der Waals surface area contributed by atoms with Gasteiger partial charge in [0.15, 0.2) is 5.16 Å². The molecule has 31 heavy (non-hydrogen) atoms. The van der Waals surface area contributed by atoms with Gasteiger partial charge in [-0.1, -0.05) is 30.0 Å². The predicted octanol–water partition coefficient (Wildman–Crippen LogP) is 4.41. The molecule has 0 aliphatic carbocycles. The van der Waals surface area contributed by atoms with Crippen LogP contribution in [0.1, 0.15) is 11.1 Å². The summed E-state index contributed by atoms with van der Waals surface area (Å²) in [6, 6.07) is 17.4. The summed E-state index contributed by atoms with van der Waals surface area (Å²) in [4.78, 5) is 12.6. The number of anilines is 1. The Morgan fingerprint density at radius 3 is 2.61 bits per heavy atom. The van der Waals surface area contributed by atoms with Gasteiger partial charge < -0.3 is 10.1 Å². The summed E-state index contributed by atoms with van der Waals surface area (Å²) in [5.74, 6) is 1.48. The highest BCUT2D eigenvalue weighted by Crippen LogP contribution is 2.27. The summed E-state index contributed by atoms with van der Waals surface area (Å²) >= 11 is 1.33. The Morgan fingerprint density at radius 1 is 1.06 bits per heavy atom. The Balaban J connectivity index is 1.59. The van der Waals surface area contributed by atoms with Crippen LogP contribution in [0.3, 0.4) is 0 Å². The molecule has 0 bridgehead atoms. The van der Waals surface area contributed by atoms with E-state index in [0.29, 0.717) is 11.1 Å². The molecule has 2 aromatic heterocycles. The molecule has 1 amide bonds. The summed E-state index contributed by atoms with van der Waals surface area (Å²) in [5, 5.41) is 12.3. The minimum absolute atomic E-state index is 0.0959. The van der Waals surface area contributed by atoms with E-state index in [1.807, 2.05) is 90.0 Å². The number of hydrogen-bond donors (Lipinski definition) is 1. The third kappa shape index (κ3) is 4.49. The van der Waals surface area contributed by atoms with Crippen molar-refractivity contribution >= 4 is 23.4 Å². The topological polar surface area (TPSA) is 74.0 Å². The van der Waals surface area contributed by atoms with Gasteiger partial charge in [-0.25, -0.2) is 0 Å². The van der Waals surface area contributed by atoms with Gasteiger partial charge in [0, 0.05) is 24.1 Å². The first-order valence-corrected chi connectivity index (χ1v) is 10.8. The second kappa shape index (κ2) is 9.09. The lowest BCUT2D eigenvalue weighted by Gasteiger charge is -2.12. The number of hydrogen-bond acceptors (Lipinski definition) is 5. The van der Waals surface area contributed by atoms with Gasteiger partial charge in [0.2, 0.25) is 11.9 Å². The van der Waals surface area contributed by atoms with Crippen molar-refractivity contribution in [2.45, 2.75) is 19.0 Å². The predicted molar refractivity (Wildman–Crippen MR) is 123 cm³/mol. The minimum Gasteiger partial charge on any atom is -0.497 e. The lowest BCUT2D eigenvalue weighted by atomic mass is 10.1. The molecule has 0 spiro atoms. The highest BCUT2D eigenvalue weighted by Gasteiger charge is 2.18. The quantitative estimate of drug-likeness (QED) is 0.437. The molecular weight excluding hydrogens is 410 g/mol. The van der Waals surface area contributed by atoms with Crippen LogP contribution in [-0.4, -0.2) is 38.1 Å². The molecule has 0 fully saturated rings. The molecule has 4 rings (SSSR count). The summed E-state index contributed by atoms with van der Waals surface area (Å²) in [6.07, 6.45) is 3.81. The van der Waals surface area contributed by atoms with Crippen LogP contribution >= 0.6 is 11.8 Å². The Bertz CT molecular complexity index is 1200. The zero-order valence-corrected chi connectivity index (χ0v) is 18.4. The number of nitrogens with one attached hydrogen (secondary N) is 1. The van der Waals surface area contributed by atoms with Gasteiger partial charge in [0.25, 0.3) is 0 Å². The SMILES string of the molecule is COc1cccc(-n2c(SCC(=O)Nc3cccc(C)c3C)nnc2-n2cccc2)c1. The average molecular weight is 434 g/mol. The van der Waals surface area contributed by atoms with Crippen LogP contribution in [0.25, 0.3) is 11.6 Å². The van der Waals surface area contributed by atoms with Crippen molar-refractivity contribution in [1.29, 1.82) is 0 Å². The molecule has 0 aliphatic heterocycles. The number of aromatic nitrogens is 4. The van der Waals surface area contributed by atoms with Crippen LogP contribution in [0.4, 0.5) is 5.69 Å². The monoisotopic (exact) mass is 433 g/mol. The first-order chi connectivity index (χ1) is 15.1. The first kappa shape index (κ1) is 20.7. The van der Waals surface area contributed by atoms with Gasteiger partial charge >= 0.3 is 0 Å². The van der Waals surface area contributed by atoms with Crippen LogP contribution in [0.2, 0.25) is 0 Å². The molecule has 4 aromatic rings. The molecule has 2 aromatic carbocycles. The fraction of sp³-hybridized carbons (Fsp3) is 0.174. The lowest BCUT2D eigenvalue weighted by molar-refractivity contribution is -0.113. The van der Waals surface area contributed by atoms with Gasteiger partial charge in [0.05, 0.1) is 18.6 Å². The van der Waals surface area contributed by atoms with Gasteiger partial charge in [0.1, 0.15) is 5.75 Å². The number of aryl methyl sites for hydroxylation is 1. The molecule has 0 unspecified atom stereocenters. The zero-order valence-electron chi connectivity index (χ0n) is 17.6. The maximum atomic E-state index is 12.6. The van der Waals surface area contributed by atoms with Gasteiger partial charge in [-0.05, 0) is 55.3 Å². The van der Waals surface area contributed by atoms with Crippen molar-refractivity contribution in [1.82, 2.24) is 19.3 Å². The number of rotatable bonds is 7. The van der Waals surface area contributed by atoms with Crippen LogP contribution in [-0.2, 0) is 4.79 Å². The molecule has 158 valence electrons. The summed E-state index contributed by atoms with van der Waals surface area (Å²) in [6.45, 7) is 4.03. The first-order valence-electron chi connectivity index (χ1n) is 9.79. The fourth-order valence-corrected chi connectivity index (χ4v) is 3.92. The molecule has 0 atom stereocenters. The number of amides is 1. The van der Waals surface area contributed by atoms with E-state index in [4.69, 9.17) is 4.74 Å². The van der Waals surface area contributed by atoms with E-state index in [2.05, 4.69) is 15.5 Å². The Morgan fingerprint density at radius 2 is 1.84 bits per heavy atom. The standard InChI is InChI=1S/C23H23N5O2S/c1-16-8-6-11-20(17(16)2)24-21(29)15-31-23-26-25-22(27-12-4-5-13-27)28(23)18-9-7-10-19(14-18)30-3/h4-14H,15H2,1-3H3,(H,24,29). The van der Waals surface area contributed by atoms with E-state index in [1.165, 1.54) is 11.8 Å². The van der Waals surface area contributed by atoms with E-state index >= 15 is 0 Å². The second-order valence-corrected chi connectivity index (χ2v) is 7.94. The number of ether oxygens (including phenoxy) is 1. The highest BCUT2D eigenvalue weighted by atomic mass is 32.2. The molecular formula is C23H23N5O2S. The molecule has 1 N–H and O–H groups in total. The van der Waals surface area contributed by atoms with Crippen molar-refractivity contribution in [3.63, 3.8) is 0 Å². The summed E-state index contributed by atoms with van der Waals surface area (Å²) < 4.78 is 9.17. The van der Waals surface area contributed by atoms with Crippen LogP contribution in [0, 0.1) is 13.8 Å². The van der Waals surface area contributed by atoms with Gasteiger partial charge in [-0.3, -0.25) is 13.9 Å². The summed E-state index contributed by atoms with van der Waals surface area (Å²) in [7, 11) is 1.63. The van der Waals surface area contributed by atoms with Crippen molar-refractivity contribution < 1.29 is 9.53 Å². The largest absolute Gasteiger partial charge is 0.497 e. The van der Waals surface area contributed by atoms with Gasteiger partial charge in [-0.15, -0.1) is 10.2 Å². The molecule has 8 heteroatoms. The Hall–Kier alpha value is -3.52. The van der Waals surface area contributed by atoms with E-state index in [-0.39, 0.29) is 11.7 Å². The van der Waals surface area contributed by atoms with Crippen molar-refractivity contribution in [3.8, 4) is 17.4 Å². The maximum absolute atomic E-state index is 12.6.